The van der Waals surface area contributed by atoms with Crippen LogP contribution in [-0.2, 0) is 0 Å². The highest BCUT2D eigenvalue weighted by Crippen LogP contribution is 2.26. The van der Waals surface area contributed by atoms with Crippen LogP contribution in [-0.4, -0.2) is 15.9 Å². The Morgan fingerprint density at radius 2 is 1.73 bits per heavy atom. The fourth-order valence-corrected chi connectivity index (χ4v) is 3.24. The summed E-state index contributed by atoms with van der Waals surface area (Å²) in [5.41, 5.74) is 1.21. The average Bonchev–Trinajstić information content (AvgIpc) is 3.25. The Bertz CT molecular complexity index is 1280. The molecule has 0 radical (unpaired) electrons. The van der Waals surface area contributed by atoms with Gasteiger partial charge in [-0.05, 0) is 35.8 Å². The number of fused-ring (bicyclic) bond motifs is 1. The number of hydrogen-bond acceptors (Lipinski definition) is 5. The Kier molecular flexibility index (Phi) is 5.23. The molecule has 1 amide bonds. The standard InChI is InChI=1S/C22H15N3O4S/c26-21(20-12-11-19(29-20)15-7-3-8-16(13-15)25(27)28)24-22(30)23-18-10-4-6-14-5-1-2-9-17(14)18/h1-13H,(H2,23,24,26,30). The van der Waals surface area contributed by atoms with E-state index in [2.05, 4.69) is 10.6 Å². The number of nitro groups is 1. The van der Waals surface area contributed by atoms with E-state index in [-0.39, 0.29) is 16.6 Å². The van der Waals surface area contributed by atoms with Gasteiger partial charge in [0.05, 0.1) is 4.92 Å². The van der Waals surface area contributed by atoms with Crippen molar-refractivity contribution < 1.29 is 14.1 Å². The molecule has 148 valence electrons. The van der Waals surface area contributed by atoms with Gasteiger partial charge in [0.1, 0.15) is 5.76 Å². The lowest BCUT2D eigenvalue weighted by Gasteiger charge is -2.11. The van der Waals surface area contributed by atoms with Gasteiger partial charge in [-0.25, -0.2) is 0 Å². The van der Waals surface area contributed by atoms with Gasteiger partial charge in [0, 0.05) is 28.8 Å². The average molecular weight is 417 g/mol. The van der Waals surface area contributed by atoms with Crippen molar-refractivity contribution in [2.75, 3.05) is 5.32 Å². The zero-order chi connectivity index (χ0) is 21.1. The predicted octanol–water partition coefficient (Wildman–Crippen LogP) is 5.13. The summed E-state index contributed by atoms with van der Waals surface area (Å²) in [6.45, 7) is 0. The largest absolute Gasteiger partial charge is 0.451 e. The summed E-state index contributed by atoms with van der Waals surface area (Å²) in [5.74, 6) is -0.139. The first-order valence-corrected chi connectivity index (χ1v) is 9.37. The Hall–Kier alpha value is -4.04. The number of nitrogens with zero attached hydrogens (tertiary/aromatic N) is 1. The highest BCUT2D eigenvalue weighted by atomic mass is 32.1. The molecule has 0 aliphatic rings. The number of carbonyl (C=O) groups excluding carboxylic acids is 1. The molecule has 1 heterocycles. The van der Waals surface area contributed by atoms with Crippen LogP contribution < -0.4 is 10.6 Å². The third kappa shape index (κ3) is 4.03. The van der Waals surface area contributed by atoms with Crippen molar-refractivity contribution in [3.63, 3.8) is 0 Å². The number of anilines is 1. The van der Waals surface area contributed by atoms with Crippen LogP contribution in [0.25, 0.3) is 22.1 Å². The van der Waals surface area contributed by atoms with Crippen LogP contribution in [0.15, 0.2) is 83.3 Å². The molecule has 1 aromatic heterocycles. The van der Waals surface area contributed by atoms with Crippen LogP contribution in [0, 0.1) is 10.1 Å². The van der Waals surface area contributed by atoms with Gasteiger partial charge in [-0.15, -0.1) is 0 Å². The molecule has 8 heteroatoms. The van der Waals surface area contributed by atoms with Gasteiger partial charge in [-0.1, -0.05) is 48.5 Å². The molecule has 30 heavy (non-hydrogen) atoms. The monoisotopic (exact) mass is 417 g/mol. The molecule has 4 aromatic rings. The third-order valence-electron chi connectivity index (χ3n) is 4.44. The highest BCUT2D eigenvalue weighted by molar-refractivity contribution is 7.80. The van der Waals surface area contributed by atoms with E-state index in [1.54, 1.807) is 18.2 Å². The van der Waals surface area contributed by atoms with E-state index in [9.17, 15) is 14.9 Å². The Balaban J connectivity index is 1.47. The maximum absolute atomic E-state index is 12.5. The molecule has 0 unspecified atom stereocenters. The number of non-ortho nitro benzene ring substituents is 1. The number of furan rings is 1. The normalized spacial score (nSPS) is 10.5. The summed E-state index contributed by atoms with van der Waals surface area (Å²) < 4.78 is 5.57. The van der Waals surface area contributed by atoms with Crippen molar-refractivity contribution in [3.05, 3.63) is 94.7 Å². The van der Waals surface area contributed by atoms with Crippen molar-refractivity contribution in [3.8, 4) is 11.3 Å². The molecule has 7 nitrogen and oxygen atoms in total. The van der Waals surface area contributed by atoms with Crippen molar-refractivity contribution >= 4 is 45.4 Å². The fourth-order valence-electron chi connectivity index (χ4n) is 3.04. The third-order valence-corrected chi connectivity index (χ3v) is 4.64. The minimum atomic E-state index is -0.524. The van der Waals surface area contributed by atoms with Crippen molar-refractivity contribution in [1.82, 2.24) is 5.32 Å². The first kappa shape index (κ1) is 19.3. The lowest BCUT2D eigenvalue weighted by Crippen LogP contribution is -2.33. The second-order valence-corrected chi connectivity index (χ2v) is 6.81. The van der Waals surface area contributed by atoms with Gasteiger partial charge >= 0.3 is 0 Å². The maximum atomic E-state index is 12.5. The van der Waals surface area contributed by atoms with Crippen molar-refractivity contribution in [1.29, 1.82) is 0 Å². The number of benzene rings is 3. The van der Waals surface area contributed by atoms with Crippen molar-refractivity contribution in [2.24, 2.45) is 0 Å². The van der Waals surface area contributed by atoms with E-state index in [0.29, 0.717) is 11.3 Å². The predicted molar refractivity (Wildman–Crippen MR) is 118 cm³/mol. The molecule has 0 fully saturated rings. The molecule has 0 spiro atoms. The van der Waals surface area contributed by atoms with Gasteiger partial charge in [0.25, 0.3) is 11.6 Å². The zero-order valence-corrected chi connectivity index (χ0v) is 16.3. The summed E-state index contributed by atoms with van der Waals surface area (Å²) in [4.78, 5) is 22.9. The van der Waals surface area contributed by atoms with Gasteiger partial charge in [0.15, 0.2) is 10.9 Å². The number of nitrogens with one attached hydrogen (secondary N) is 2. The lowest BCUT2D eigenvalue weighted by atomic mass is 10.1. The molecular weight excluding hydrogens is 402 g/mol. The molecule has 4 rings (SSSR count). The molecule has 0 aliphatic heterocycles. The highest BCUT2D eigenvalue weighted by Gasteiger charge is 2.15. The summed E-state index contributed by atoms with van der Waals surface area (Å²) >= 11 is 5.26. The van der Waals surface area contributed by atoms with E-state index < -0.39 is 10.8 Å². The SMILES string of the molecule is O=C(NC(=S)Nc1cccc2ccccc12)c1ccc(-c2cccc([N+](=O)[O-])c2)o1. The summed E-state index contributed by atoms with van der Waals surface area (Å²) in [6, 6.07) is 22.6. The Labute approximate surface area is 176 Å². The molecule has 0 saturated carbocycles. The molecular formula is C22H15N3O4S. The van der Waals surface area contributed by atoms with Crippen molar-refractivity contribution in [2.45, 2.75) is 0 Å². The smallest absolute Gasteiger partial charge is 0.293 e. The quantitative estimate of drug-likeness (QED) is 0.271. The Morgan fingerprint density at radius 3 is 2.57 bits per heavy atom. The second-order valence-electron chi connectivity index (χ2n) is 6.41. The Morgan fingerprint density at radius 1 is 0.967 bits per heavy atom. The molecule has 0 saturated heterocycles. The number of hydrogen-bond donors (Lipinski definition) is 2. The van der Waals surface area contributed by atoms with E-state index in [1.807, 2.05) is 42.5 Å². The van der Waals surface area contributed by atoms with E-state index in [0.717, 1.165) is 16.5 Å². The molecule has 0 atom stereocenters. The summed E-state index contributed by atoms with van der Waals surface area (Å²) in [6.07, 6.45) is 0. The number of thiocarbonyl (C=S) groups is 1. The van der Waals surface area contributed by atoms with E-state index in [4.69, 9.17) is 16.6 Å². The number of carbonyl (C=O) groups is 1. The molecule has 0 aliphatic carbocycles. The second kappa shape index (κ2) is 8.14. The maximum Gasteiger partial charge on any atom is 0.293 e. The zero-order valence-electron chi connectivity index (χ0n) is 15.5. The van der Waals surface area contributed by atoms with Crippen LogP contribution >= 0.6 is 12.2 Å². The van der Waals surface area contributed by atoms with Crippen LogP contribution in [0.5, 0.6) is 0 Å². The lowest BCUT2D eigenvalue weighted by molar-refractivity contribution is -0.384. The topological polar surface area (TPSA) is 97.4 Å². The number of amides is 1. The van der Waals surface area contributed by atoms with Crippen LogP contribution in [0.4, 0.5) is 11.4 Å². The minimum absolute atomic E-state index is 0.0403. The van der Waals surface area contributed by atoms with Crippen LogP contribution in [0.1, 0.15) is 10.6 Å². The summed E-state index contributed by atoms with van der Waals surface area (Å²) in [5, 5.41) is 18.7. The minimum Gasteiger partial charge on any atom is -0.451 e. The molecule has 2 N–H and O–H groups in total. The fraction of sp³-hybridized carbons (Fsp3) is 0. The van der Waals surface area contributed by atoms with Gasteiger partial charge in [-0.2, -0.15) is 0 Å². The number of nitro benzene ring substituents is 1. The summed E-state index contributed by atoms with van der Waals surface area (Å²) in [7, 11) is 0. The van der Waals surface area contributed by atoms with E-state index in [1.165, 1.54) is 18.2 Å². The molecule has 3 aromatic carbocycles. The first-order chi connectivity index (χ1) is 14.5. The van der Waals surface area contributed by atoms with Crippen LogP contribution in [0.2, 0.25) is 0 Å². The van der Waals surface area contributed by atoms with Crippen LogP contribution in [0.3, 0.4) is 0 Å². The van der Waals surface area contributed by atoms with Gasteiger partial charge < -0.3 is 9.73 Å². The van der Waals surface area contributed by atoms with Gasteiger partial charge in [-0.3, -0.25) is 20.2 Å². The van der Waals surface area contributed by atoms with E-state index >= 15 is 0 Å². The number of rotatable bonds is 4. The van der Waals surface area contributed by atoms with Gasteiger partial charge in [0.2, 0.25) is 0 Å². The first-order valence-electron chi connectivity index (χ1n) is 8.96. The molecule has 0 bridgehead atoms.